The molecule has 0 fully saturated rings. The van der Waals surface area contributed by atoms with E-state index in [1.54, 1.807) is 30.3 Å². The van der Waals surface area contributed by atoms with E-state index in [1.165, 1.54) is 18.2 Å². The van der Waals surface area contributed by atoms with Crippen molar-refractivity contribution in [2.45, 2.75) is 6.92 Å². The molecule has 6 nitrogen and oxygen atoms in total. The zero-order valence-corrected chi connectivity index (χ0v) is 16.0. The Morgan fingerprint density at radius 3 is 2.52 bits per heavy atom. The van der Waals surface area contributed by atoms with Crippen LogP contribution in [0.5, 0.6) is 0 Å². The molecule has 1 amide bonds. The molecule has 0 saturated carbocycles. The fraction of sp³-hybridized carbons (Fsp3) is 0.0455. The van der Waals surface area contributed by atoms with Crippen LogP contribution < -0.4 is 5.32 Å². The van der Waals surface area contributed by atoms with Crippen LogP contribution in [0.3, 0.4) is 0 Å². The average molecular weight is 407 g/mol. The molecule has 0 bridgehead atoms. The number of nitriles is 1. The highest BCUT2D eigenvalue weighted by Crippen LogP contribution is 2.27. The van der Waals surface area contributed by atoms with Gasteiger partial charge in [-0.2, -0.15) is 5.26 Å². The number of halogens is 1. The van der Waals surface area contributed by atoms with Crippen molar-refractivity contribution >= 4 is 35.2 Å². The summed E-state index contributed by atoms with van der Waals surface area (Å²) in [6.07, 6.45) is 1.32. The van der Waals surface area contributed by atoms with E-state index in [0.29, 0.717) is 17.0 Å². The second-order valence-electron chi connectivity index (χ2n) is 6.19. The fourth-order valence-electron chi connectivity index (χ4n) is 2.55. The summed E-state index contributed by atoms with van der Waals surface area (Å²) in [4.78, 5) is 23.6. The van der Waals surface area contributed by atoms with Gasteiger partial charge < -0.3 is 14.8 Å². The molecule has 0 unspecified atom stereocenters. The van der Waals surface area contributed by atoms with E-state index in [-0.39, 0.29) is 21.9 Å². The predicted octanol–water partition coefficient (Wildman–Crippen LogP) is 5.15. The number of carboxylic acid groups (broad SMARTS) is 1. The molecule has 1 aromatic heterocycles. The molecule has 0 saturated heterocycles. The van der Waals surface area contributed by atoms with Gasteiger partial charge in [-0.05, 0) is 49.4 Å². The van der Waals surface area contributed by atoms with Gasteiger partial charge in [0.05, 0.1) is 10.6 Å². The highest BCUT2D eigenvalue weighted by Gasteiger charge is 2.14. The number of carbonyl (C=O) groups is 2. The first kappa shape index (κ1) is 19.9. The van der Waals surface area contributed by atoms with E-state index in [9.17, 15) is 20.0 Å². The molecular formula is C22H15ClN2O4. The number of carboxylic acids is 1. The SMILES string of the molecule is Cc1ccc(NC(=O)/C(C#N)=C/c2ccc(-c3ccc(Cl)c(C(=O)O)c3)o2)cc1. The number of furan rings is 1. The Morgan fingerprint density at radius 2 is 1.86 bits per heavy atom. The number of rotatable bonds is 5. The van der Waals surface area contributed by atoms with Gasteiger partial charge in [0, 0.05) is 17.3 Å². The van der Waals surface area contributed by atoms with Crippen LogP contribution in [-0.4, -0.2) is 17.0 Å². The molecule has 0 radical (unpaired) electrons. The maximum Gasteiger partial charge on any atom is 0.337 e. The summed E-state index contributed by atoms with van der Waals surface area (Å²) in [7, 11) is 0. The summed E-state index contributed by atoms with van der Waals surface area (Å²) in [5.41, 5.74) is 1.95. The van der Waals surface area contributed by atoms with E-state index >= 15 is 0 Å². The Morgan fingerprint density at radius 1 is 1.14 bits per heavy atom. The lowest BCUT2D eigenvalue weighted by atomic mass is 10.1. The van der Waals surface area contributed by atoms with Crippen LogP contribution >= 0.6 is 11.6 Å². The maximum absolute atomic E-state index is 12.3. The van der Waals surface area contributed by atoms with Crippen molar-refractivity contribution in [2.24, 2.45) is 0 Å². The third-order valence-electron chi connectivity index (χ3n) is 4.07. The number of nitrogens with zero attached hydrogens (tertiary/aromatic N) is 1. The summed E-state index contributed by atoms with van der Waals surface area (Å²) < 4.78 is 5.65. The third kappa shape index (κ3) is 4.72. The molecule has 7 heteroatoms. The van der Waals surface area contributed by atoms with E-state index < -0.39 is 11.9 Å². The van der Waals surface area contributed by atoms with Gasteiger partial charge in [-0.1, -0.05) is 29.3 Å². The van der Waals surface area contributed by atoms with Crippen molar-refractivity contribution < 1.29 is 19.1 Å². The number of carbonyl (C=O) groups excluding carboxylic acids is 1. The van der Waals surface area contributed by atoms with Gasteiger partial charge >= 0.3 is 5.97 Å². The van der Waals surface area contributed by atoms with E-state index in [0.717, 1.165) is 5.56 Å². The lowest BCUT2D eigenvalue weighted by Crippen LogP contribution is -2.13. The molecule has 0 aliphatic heterocycles. The molecule has 3 aromatic rings. The minimum atomic E-state index is -1.15. The van der Waals surface area contributed by atoms with E-state index in [4.69, 9.17) is 16.0 Å². The molecule has 1 heterocycles. The van der Waals surface area contributed by atoms with Gasteiger partial charge in [0.1, 0.15) is 23.2 Å². The number of hydrogen-bond donors (Lipinski definition) is 2. The van der Waals surface area contributed by atoms with Gasteiger partial charge in [0.15, 0.2) is 0 Å². The van der Waals surface area contributed by atoms with Crippen molar-refractivity contribution in [2.75, 3.05) is 5.32 Å². The second kappa shape index (κ2) is 8.46. The van der Waals surface area contributed by atoms with Crippen LogP contribution in [0.15, 0.2) is 64.6 Å². The standard InChI is InChI=1S/C22H15ClN2O4/c1-13-2-5-16(6-3-13)25-21(26)15(12-24)10-17-7-9-20(29-17)14-4-8-19(23)18(11-14)22(27)28/h2-11H,1H3,(H,25,26)(H,27,28)/b15-10+. The summed E-state index contributed by atoms with van der Waals surface area (Å²) in [5, 5.41) is 21.3. The Kier molecular flexibility index (Phi) is 5.82. The molecule has 144 valence electrons. The number of aryl methyl sites for hydroxylation is 1. The summed E-state index contributed by atoms with van der Waals surface area (Å²) >= 11 is 5.88. The molecule has 2 aromatic carbocycles. The van der Waals surface area contributed by atoms with Crippen LogP contribution in [0.1, 0.15) is 21.7 Å². The molecule has 3 rings (SSSR count). The van der Waals surface area contributed by atoms with Crippen molar-refractivity contribution in [1.82, 2.24) is 0 Å². The smallest absolute Gasteiger partial charge is 0.337 e. The maximum atomic E-state index is 12.3. The zero-order valence-electron chi connectivity index (χ0n) is 15.3. The summed E-state index contributed by atoms with van der Waals surface area (Å²) in [6.45, 7) is 1.93. The largest absolute Gasteiger partial charge is 0.478 e. The van der Waals surface area contributed by atoms with Crippen LogP contribution in [0, 0.1) is 18.3 Å². The van der Waals surface area contributed by atoms with Crippen molar-refractivity contribution in [3.05, 3.63) is 82.1 Å². The Bertz CT molecular complexity index is 1150. The van der Waals surface area contributed by atoms with Crippen LogP contribution in [0.4, 0.5) is 5.69 Å². The van der Waals surface area contributed by atoms with Crippen LogP contribution in [-0.2, 0) is 4.79 Å². The lowest BCUT2D eigenvalue weighted by molar-refractivity contribution is -0.112. The molecule has 0 aliphatic carbocycles. The van der Waals surface area contributed by atoms with Crippen molar-refractivity contribution in [3.63, 3.8) is 0 Å². The highest BCUT2D eigenvalue weighted by molar-refractivity contribution is 6.33. The van der Waals surface area contributed by atoms with Gasteiger partial charge in [-0.15, -0.1) is 0 Å². The summed E-state index contributed by atoms with van der Waals surface area (Å²) in [6, 6.07) is 16.7. The zero-order chi connectivity index (χ0) is 21.0. The molecule has 0 spiro atoms. The van der Waals surface area contributed by atoms with Gasteiger partial charge in [0.2, 0.25) is 0 Å². The Labute approximate surface area is 171 Å². The molecule has 2 N–H and O–H groups in total. The van der Waals surface area contributed by atoms with E-state index in [2.05, 4.69) is 5.32 Å². The number of nitrogens with one attached hydrogen (secondary N) is 1. The highest BCUT2D eigenvalue weighted by atomic mass is 35.5. The number of amides is 1. The average Bonchev–Trinajstić information content (AvgIpc) is 3.16. The van der Waals surface area contributed by atoms with Crippen LogP contribution in [0.2, 0.25) is 5.02 Å². The Balaban J connectivity index is 1.83. The van der Waals surface area contributed by atoms with Crippen LogP contribution in [0.25, 0.3) is 17.4 Å². The van der Waals surface area contributed by atoms with Crippen molar-refractivity contribution in [1.29, 1.82) is 5.26 Å². The number of aromatic carboxylic acids is 1. The number of benzene rings is 2. The molecule has 29 heavy (non-hydrogen) atoms. The number of hydrogen-bond acceptors (Lipinski definition) is 4. The Hall–Kier alpha value is -3.82. The molecule has 0 aliphatic rings. The normalized spacial score (nSPS) is 11.0. The monoisotopic (exact) mass is 406 g/mol. The minimum absolute atomic E-state index is 0.0483. The third-order valence-corrected chi connectivity index (χ3v) is 4.40. The van der Waals surface area contributed by atoms with Gasteiger partial charge in [-0.3, -0.25) is 4.79 Å². The topological polar surface area (TPSA) is 103 Å². The molecule has 0 atom stereocenters. The minimum Gasteiger partial charge on any atom is -0.478 e. The first-order chi connectivity index (χ1) is 13.9. The first-order valence-electron chi connectivity index (χ1n) is 8.50. The molecular weight excluding hydrogens is 392 g/mol. The predicted molar refractivity (Wildman–Crippen MR) is 110 cm³/mol. The first-order valence-corrected chi connectivity index (χ1v) is 8.88. The van der Waals surface area contributed by atoms with E-state index in [1.807, 2.05) is 25.1 Å². The lowest BCUT2D eigenvalue weighted by Gasteiger charge is -2.04. The number of anilines is 1. The second-order valence-corrected chi connectivity index (χ2v) is 6.60. The van der Waals surface area contributed by atoms with Gasteiger partial charge in [-0.25, -0.2) is 4.79 Å². The summed E-state index contributed by atoms with van der Waals surface area (Å²) in [5.74, 6) is -1.05. The fourth-order valence-corrected chi connectivity index (χ4v) is 2.75. The van der Waals surface area contributed by atoms with Crippen molar-refractivity contribution in [3.8, 4) is 17.4 Å². The van der Waals surface area contributed by atoms with Gasteiger partial charge in [0.25, 0.3) is 5.91 Å². The quantitative estimate of drug-likeness (QED) is 0.450.